The monoisotopic (exact) mass is 484 g/mol. The maximum Gasteiger partial charge on any atom is 0.513 e. The molecule has 8 nitrogen and oxygen atoms in total. The van der Waals surface area contributed by atoms with Crippen molar-refractivity contribution < 1.29 is 27.5 Å². The molecule has 1 aromatic heterocycles. The van der Waals surface area contributed by atoms with Gasteiger partial charge in [-0.2, -0.15) is 4.31 Å². The Bertz CT molecular complexity index is 1250. The predicted octanol–water partition coefficient (Wildman–Crippen LogP) is 4.62. The van der Waals surface area contributed by atoms with Crippen molar-refractivity contribution in [1.82, 2.24) is 4.31 Å². The molecule has 164 valence electrons. The van der Waals surface area contributed by atoms with Crippen molar-refractivity contribution in [3.05, 3.63) is 52.0 Å². The highest BCUT2D eigenvalue weighted by Crippen LogP contribution is 2.35. The van der Waals surface area contributed by atoms with Crippen LogP contribution in [0.5, 0.6) is 5.95 Å². The largest absolute Gasteiger partial charge is 0.513 e. The summed E-state index contributed by atoms with van der Waals surface area (Å²) < 4.78 is 37.5. The van der Waals surface area contributed by atoms with Crippen LogP contribution in [0.2, 0.25) is 10.0 Å². The van der Waals surface area contributed by atoms with E-state index in [0.717, 1.165) is 16.6 Å². The second-order valence-electron chi connectivity index (χ2n) is 7.00. The minimum absolute atomic E-state index is 0.0752. The molecule has 0 saturated carbocycles. The first-order valence-electron chi connectivity index (χ1n) is 9.31. The van der Waals surface area contributed by atoms with E-state index in [1.165, 1.54) is 22.5 Å². The van der Waals surface area contributed by atoms with Gasteiger partial charge < -0.3 is 19.2 Å². The number of aryl methyl sites for hydroxylation is 1. The van der Waals surface area contributed by atoms with Gasteiger partial charge in [0.05, 0.1) is 10.0 Å². The van der Waals surface area contributed by atoms with Gasteiger partial charge in [-0.15, -0.1) is 0 Å². The van der Waals surface area contributed by atoms with E-state index in [9.17, 15) is 13.2 Å². The number of carboxylic acid groups (broad SMARTS) is 1. The summed E-state index contributed by atoms with van der Waals surface area (Å²) in [6, 6.07) is 9.73. The van der Waals surface area contributed by atoms with E-state index in [1.807, 2.05) is 13.0 Å². The van der Waals surface area contributed by atoms with Gasteiger partial charge in [-0.05, 0) is 36.8 Å². The van der Waals surface area contributed by atoms with Crippen LogP contribution in [-0.4, -0.2) is 50.2 Å². The molecule has 31 heavy (non-hydrogen) atoms. The van der Waals surface area contributed by atoms with Crippen LogP contribution in [0.25, 0.3) is 11.0 Å². The number of rotatable bonds is 4. The molecule has 0 unspecified atom stereocenters. The number of piperazine rings is 1. The molecule has 0 bridgehead atoms. The van der Waals surface area contributed by atoms with Crippen LogP contribution in [0.1, 0.15) is 5.56 Å². The molecule has 0 aliphatic carbocycles. The molecule has 1 aliphatic rings. The molecule has 2 aromatic carbocycles. The van der Waals surface area contributed by atoms with E-state index in [-0.39, 0.29) is 34.0 Å². The Hall–Kier alpha value is -2.46. The number of benzene rings is 2. The molecule has 2 heterocycles. The summed E-state index contributed by atoms with van der Waals surface area (Å²) in [7, 11) is -3.83. The van der Waals surface area contributed by atoms with Crippen LogP contribution in [0.3, 0.4) is 0 Å². The van der Waals surface area contributed by atoms with Crippen LogP contribution >= 0.6 is 23.2 Å². The molecule has 1 saturated heterocycles. The van der Waals surface area contributed by atoms with Crippen molar-refractivity contribution in [3.63, 3.8) is 0 Å². The number of halogens is 2. The van der Waals surface area contributed by atoms with Crippen LogP contribution in [0.4, 0.5) is 10.5 Å². The third kappa shape index (κ3) is 4.06. The first-order valence-corrected chi connectivity index (χ1v) is 11.5. The van der Waals surface area contributed by atoms with E-state index in [4.69, 9.17) is 32.7 Å². The van der Waals surface area contributed by atoms with E-state index >= 15 is 0 Å². The van der Waals surface area contributed by atoms with Gasteiger partial charge in [-0.3, -0.25) is 0 Å². The number of nitrogens with zero attached hydrogens (tertiary/aromatic N) is 2. The quantitative estimate of drug-likeness (QED) is 0.539. The number of ether oxygens (including phenoxy) is 1. The molecule has 0 spiro atoms. The van der Waals surface area contributed by atoms with Crippen molar-refractivity contribution >= 4 is 56.0 Å². The molecule has 1 aliphatic heterocycles. The lowest BCUT2D eigenvalue weighted by Crippen LogP contribution is -2.49. The molecule has 0 amide bonds. The van der Waals surface area contributed by atoms with Crippen molar-refractivity contribution in [2.24, 2.45) is 0 Å². The maximum absolute atomic E-state index is 13.1. The number of hydrogen-bond acceptors (Lipinski definition) is 6. The van der Waals surface area contributed by atoms with Crippen molar-refractivity contribution in [2.75, 3.05) is 31.1 Å². The van der Waals surface area contributed by atoms with Crippen LogP contribution in [-0.2, 0) is 10.0 Å². The topological polar surface area (TPSA) is 100 Å². The van der Waals surface area contributed by atoms with Gasteiger partial charge in [0.15, 0.2) is 0 Å². The Morgan fingerprint density at radius 3 is 2.35 bits per heavy atom. The zero-order valence-corrected chi connectivity index (χ0v) is 18.7. The summed E-state index contributed by atoms with van der Waals surface area (Å²) in [5.41, 5.74) is 2.29. The molecule has 0 radical (unpaired) electrons. The van der Waals surface area contributed by atoms with Gasteiger partial charge in [-0.1, -0.05) is 29.3 Å². The second-order valence-corrected chi connectivity index (χ2v) is 9.69. The van der Waals surface area contributed by atoms with E-state index in [1.54, 1.807) is 12.1 Å². The summed E-state index contributed by atoms with van der Waals surface area (Å²) in [5.74, 6) is -0.102. The van der Waals surface area contributed by atoms with Gasteiger partial charge in [0.25, 0.3) is 5.95 Å². The molecule has 3 aromatic rings. The Kier molecular flexibility index (Phi) is 5.78. The first kappa shape index (κ1) is 21.8. The SMILES string of the molecule is Cc1c(N2CCN(S(=O)(=O)c3c(Cl)cccc3Cl)CC2)ccc2oc(OC(=O)O)cc12. The maximum atomic E-state index is 13.1. The zero-order valence-electron chi connectivity index (χ0n) is 16.3. The van der Waals surface area contributed by atoms with Crippen LogP contribution in [0, 0.1) is 6.92 Å². The molecular formula is C20H18Cl2N2O6S. The number of furan rings is 1. The molecular weight excluding hydrogens is 467 g/mol. The molecule has 4 rings (SSSR count). The Labute approximate surface area is 188 Å². The third-order valence-electron chi connectivity index (χ3n) is 5.20. The normalized spacial score (nSPS) is 15.4. The first-order chi connectivity index (χ1) is 14.7. The van der Waals surface area contributed by atoms with Crippen molar-refractivity contribution in [1.29, 1.82) is 0 Å². The lowest BCUT2D eigenvalue weighted by molar-refractivity contribution is 0.134. The Balaban J connectivity index is 1.55. The van der Waals surface area contributed by atoms with Gasteiger partial charge in [0.2, 0.25) is 10.0 Å². The van der Waals surface area contributed by atoms with E-state index < -0.39 is 16.2 Å². The summed E-state index contributed by atoms with van der Waals surface area (Å²) in [4.78, 5) is 12.7. The number of carbonyl (C=O) groups is 1. The van der Waals surface area contributed by atoms with Crippen molar-refractivity contribution in [3.8, 4) is 5.95 Å². The smallest absolute Gasteiger partial charge is 0.449 e. The van der Waals surface area contributed by atoms with E-state index in [2.05, 4.69) is 9.64 Å². The fourth-order valence-corrected chi connectivity index (χ4v) is 6.24. The second kappa shape index (κ2) is 8.23. The number of fused-ring (bicyclic) bond motifs is 1. The molecule has 11 heteroatoms. The van der Waals surface area contributed by atoms with E-state index in [0.29, 0.717) is 18.7 Å². The van der Waals surface area contributed by atoms with Gasteiger partial charge in [-0.25, -0.2) is 13.2 Å². The average molecular weight is 485 g/mol. The third-order valence-corrected chi connectivity index (χ3v) is 8.06. The fourth-order valence-electron chi connectivity index (χ4n) is 3.72. The Morgan fingerprint density at radius 1 is 1.10 bits per heavy atom. The fraction of sp³-hybridized carbons (Fsp3) is 0.250. The average Bonchev–Trinajstić information content (AvgIpc) is 3.11. The summed E-state index contributed by atoms with van der Waals surface area (Å²) in [5, 5.41) is 9.68. The highest BCUT2D eigenvalue weighted by molar-refractivity contribution is 7.89. The highest BCUT2D eigenvalue weighted by atomic mass is 35.5. The predicted molar refractivity (Wildman–Crippen MR) is 117 cm³/mol. The number of sulfonamides is 1. The molecule has 1 fully saturated rings. The van der Waals surface area contributed by atoms with Crippen LogP contribution < -0.4 is 9.64 Å². The summed E-state index contributed by atoms with van der Waals surface area (Å²) >= 11 is 12.2. The molecule has 0 atom stereocenters. The minimum Gasteiger partial charge on any atom is -0.449 e. The van der Waals surface area contributed by atoms with Crippen LogP contribution in [0.15, 0.2) is 45.7 Å². The van der Waals surface area contributed by atoms with Crippen molar-refractivity contribution in [2.45, 2.75) is 11.8 Å². The lowest BCUT2D eigenvalue weighted by Gasteiger charge is -2.36. The standard InChI is InChI=1S/C20H18Cl2N2O6S/c1-12-13-11-18(30-20(25)26)29-17(13)6-5-16(12)23-7-9-24(10-8-23)31(27,28)19-14(21)3-2-4-15(19)22/h2-6,11H,7-10H2,1H3,(H,25,26). The summed E-state index contributed by atoms with van der Waals surface area (Å²) in [6.45, 7) is 3.35. The van der Waals surface area contributed by atoms with Gasteiger partial charge >= 0.3 is 6.16 Å². The minimum atomic E-state index is -3.83. The highest BCUT2D eigenvalue weighted by Gasteiger charge is 2.32. The van der Waals surface area contributed by atoms with Gasteiger partial charge in [0, 0.05) is 43.3 Å². The molecule has 1 N–H and O–H groups in total. The zero-order chi connectivity index (χ0) is 22.3. The van der Waals surface area contributed by atoms with Gasteiger partial charge in [0.1, 0.15) is 10.5 Å². The Morgan fingerprint density at radius 2 is 1.74 bits per heavy atom. The summed E-state index contributed by atoms with van der Waals surface area (Å²) in [6.07, 6.45) is -1.45. The lowest BCUT2D eigenvalue weighted by atomic mass is 10.1. The number of anilines is 1. The number of hydrogen-bond donors (Lipinski definition) is 1.